The van der Waals surface area contributed by atoms with Crippen molar-refractivity contribution in [2.45, 2.75) is 78.6 Å². The Morgan fingerprint density at radius 1 is 0.316 bits per heavy atom. The molecule has 10 aromatic rings. The van der Waals surface area contributed by atoms with Crippen LogP contribution in [0.5, 0.6) is 0 Å². The van der Waals surface area contributed by atoms with Crippen LogP contribution in [0.1, 0.15) is 79.0 Å². The summed E-state index contributed by atoms with van der Waals surface area (Å²) < 4.78 is 0. The predicted molar refractivity (Wildman–Crippen MR) is 328 cm³/mol. The van der Waals surface area contributed by atoms with Gasteiger partial charge in [-0.05, 0) is 156 Å². The van der Waals surface area contributed by atoms with E-state index in [1.165, 1.54) is 89.2 Å². The van der Waals surface area contributed by atoms with E-state index in [-0.39, 0.29) is 23.0 Å². The number of anilines is 9. The molecule has 3 nitrogen and oxygen atoms in total. The Bertz CT molecular complexity index is 3710. The molecule has 4 heteroatoms. The van der Waals surface area contributed by atoms with Crippen LogP contribution >= 0.6 is 0 Å². The van der Waals surface area contributed by atoms with Crippen molar-refractivity contribution in [2.24, 2.45) is 0 Å². The molecule has 0 bridgehead atoms. The third-order valence-corrected chi connectivity index (χ3v) is 15.7. The van der Waals surface area contributed by atoms with E-state index in [0.29, 0.717) is 0 Å². The SMILES string of the molecule is CC(C)(C)c1ccc(N2c3cc(N(c4ccccc4)c4ccccc4)ccc3B3c4cc(-c5ccccc5)ccc4N(c4ccc(-c5ccccc5)cc4-c4ccc(C(C)(C)C)c(C(C)(C)C)c4)c4cccc2c43)cc1. The first-order valence-corrected chi connectivity index (χ1v) is 27.0. The lowest BCUT2D eigenvalue weighted by Crippen LogP contribution is -2.61. The third kappa shape index (κ3) is 8.70. The minimum absolute atomic E-state index is 0.00350. The second-order valence-corrected chi connectivity index (χ2v) is 23.9. The van der Waals surface area contributed by atoms with E-state index in [2.05, 4.69) is 314 Å². The van der Waals surface area contributed by atoms with E-state index in [0.717, 1.165) is 28.4 Å². The molecular formula is C72H66BN3. The van der Waals surface area contributed by atoms with Crippen molar-refractivity contribution in [2.75, 3.05) is 14.7 Å². The molecule has 0 fully saturated rings. The zero-order valence-corrected chi connectivity index (χ0v) is 45.4. The molecule has 372 valence electrons. The van der Waals surface area contributed by atoms with E-state index in [1.54, 1.807) is 0 Å². The Morgan fingerprint density at radius 2 is 0.842 bits per heavy atom. The molecule has 0 unspecified atom stereocenters. The highest BCUT2D eigenvalue weighted by atomic mass is 15.2. The molecule has 12 rings (SSSR count). The van der Waals surface area contributed by atoms with E-state index >= 15 is 0 Å². The van der Waals surface area contributed by atoms with Crippen LogP contribution in [0.4, 0.5) is 51.2 Å². The van der Waals surface area contributed by atoms with Gasteiger partial charge in [0.25, 0.3) is 6.71 Å². The molecule has 2 aliphatic heterocycles. The summed E-state index contributed by atoms with van der Waals surface area (Å²) in [5, 5.41) is 0. The standard InChI is InChI=1S/C72H66BN3/c1-70(2,3)54-36-38-57(39-37-54)75-66-31-22-32-67-69(66)73(62-42-40-58(48-68(62)75)74(55-27-18-12-19-28-55)56-29-20-13-21-30-56)63-47-52(50-25-16-11-17-26-50)35-44-65(63)76(67)64-43-34-51(49-23-14-10-15-24-49)45-59(64)53-33-41-60(71(4,5)6)61(46-53)72(7,8)9/h10-48H,1-9H3. The van der Waals surface area contributed by atoms with E-state index in [4.69, 9.17) is 0 Å². The fourth-order valence-corrected chi connectivity index (χ4v) is 11.9. The van der Waals surface area contributed by atoms with Crippen LogP contribution < -0.4 is 31.1 Å². The number of rotatable bonds is 8. The lowest BCUT2D eigenvalue weighted by Gasteiger charge is -2.45. The highest BCUT2D eigenvalue weighted by Crippen LogP contribution is 2.50. The highest BCUT2D eigenvalue weighted by molar-refractivity contribution is 7.00. The molecule has 0 amide bonds. The van der Waals surface area contributed by atoms with Crippen molar-refractivity contribution in [1.82, 2.24) is 0 Å². The first-order valence-electron chi connectivity index (χ1n) is 27.0. The topological polar surface area (TPSA) is 9.72 Å². The number of fused-ring (bicyclic) bond motifs is 4. The van der Waals surface area contributed by atoms with Gasteiger partial charge in [0, 0.05) is 51.1 Å². The summed E-state index contributed by atoms with van der Waals surface area (Å²) in [5.74, 6) is 0. The molecule has 2 aliphatic rings. The molecule has 0 saturated heterocycles. The van der Waals surface area contributed by atoms with Gasteiger partial charge in [0.05, 0.1) is 5.69 Å². The second kappa shape index (κ2) is 18.8. The van der Waals surface area contributed by atoms with Crippen LogP contribution in [-0.2, 0) is 16.2 Å². The maximum absolute atomic E-state index is 2.59. The van der Waals surface area contributed by atoms with Crippen molar-refractivity contribution in [3.8, 4) is 33.4 Å². The maximum Gasteiger partial charge on any atom is 0.252 e. The molecular weight excluding hydrogens is 918 g/mol. The summed E-state index contributed by atoms with van der Waals surface area (Å²) >= 11 is 0. The molecule has 0 N–H and O–H groups in total. The molecule has 0 spiro atoms. The minimum Gasteiger partial charge on any atom is -0.311 e. The summed E-state index contributed by atoms with van der Waals surface area (Å²) in [6.07, 6.45) is 0. The smallest absolute Gasteiger partial charge is 0.252 e. The average Bonchev–Trinajstić information content (AvgIpc) is 3.46. The van der Waals surface area contributed by atoms with Crippen LogP contribution in [0.15, 0.2) is 237 Å². The number of hydrogen-bond acceptors (Lipinski definition) is 3. The van der Waals surface area contributed by atoms with Crippen LogP contribution in [0, 0.1) is 0 Å². The molecule has 0 radical (unpaired) electrons. The van der Waals surface area contributed by atoms with Crippen molar-refractivity contribution in [3.63, 3.8) is 0 Å². The fraction of sp³-hybridized carbons (Fsp3) is 0.167. The Labute approximate surface area is 451 Å². The lowest BCUT2D eigenvalue weighted by molar-refractivity contribution is 0.530. The summed E-state index contributed by atoms with van der Waals surface area (Å²) in [5.41, 5.74) is 25.3. The van der Waals surface area contributed by atoms with Crippen molar-refractivity contribution in [3.05, 3.63) is 253 Å². The van der Waals surface area contributed by atoms with Gasteiger partial charge in [-0.2, -0.15) is 0 Å². The molecule has 0 aliphatic carbocycles. The summed E-state index contributed by atoms with van der Waals surface area (Å²) in [4.78, 5) is 7.51. The van der Waals surface area contributed by atoms with Gasteiger partial charge >= 0.3 is 0 Å². The van der Waals surface area contributed by atoms with Gasteiger partial charge in [0.15, 0.2) is 0 Å². The Morgan fingerprint density at radius 3 is 1.41 bits per heavy atom. The Balaban J connectivity index is 1.15. The zero-order chi connectivity index (χ0) is 52.5. The monoisotopic (exact) mass is 984 g/mol. The van der Waals surface area contributed by atoms with Crippen molar-refractivity contribution in [1.29, 1.82) is 0 Å². The van der Waals surface area contributed by atoms with Gasteiger partial charge in [0.1, 0.15) is 0 Å². The first kappa shape index (κ1) is 48.6. The molecule has 76 heavy (non-hydrogen) atoms. The predicted octanol–water partition coefficient (Wildman–Crippen LogP) is 18.1. The van der Waals surface area contributed by atoms with E-state index < -0.39 is 0 Å². The summed E-state index contributed by atoms with van der Waals surface area (Å²) in [7, 11) is 0. The van der Waals surface area contributed by atoms with Crippen LogP contribution in [0.3, 0.4) is 0 Å². The van der Waals surface area contributed by atoms with Crippen LogP contribution in [-0.4, -0.2) is 6.71 Å². The van der Waals surface area contributed by atoms with Gasteiger partial charge in [-0.25, -0.2) is 0 Å². The molecule has 10 aromatic carbocycles. The van der Waals surface area contributed by atoms with Crippen molar-refractivity contribution >= 4 is 74.3 Å². The normalized spacial score (nSPS) is 13.0. The summed E-state index contributed by atoms with van der Waals surface area (Å²) in [6, 6.07) is 88.4. The molecule has 0 atom stereocenters. The number of nitrogens with zero attached hydrogens (tertiary/aromatic N) is 3. The van der Waals surface area contributed by atoms with Gasteiger partial charge in [-0.1, -0.05) is 220 Å². The van der Waals surface area contributed by atoms with Crippen LogP contribution in [0.2, 0.25) is 0 Å². The third-order valence-electron chi connectivity index (χ3n) is 15.7. The van der Waals surface area contributed by atoms with Crippen molar-refractivity contribution < 1.29 is 0 Å². The van der Waals surface area contributed by atoms with Gasteiger partial charge in [-0.3, -0.25) is 0 Å². The first-order chi connectivity index (χ1) is 36.6. The minimum atomic E-state index is -0.0808. The van der Waals surface area contributed by atoms with Gasteiger partial charge < -0.3 is 14.7 Å². The number of benzene rings is 10. The van der Waals surface area contributed by atoms with Crippen LogP contribution in [0.25, 0.3) is 33.4 Å². The molecule has 0 saturated carbocycles. The summed E-state index contributed by atoms with van der Waals surface area (Å²) in [6.45, 7) is 20.9. The van der Waals surface area contributed by atoms with Gasteiger partial charge in [-0.15, -0.1) is 0 Å². The lowest BCUT2D eigenvalue weighted by atomic mass is 9.33. The maximum atomic E-state index is 2.59. The van der Waals surface area contributed by atoms with E-state index in [9.17, 15) is 0 Å². The quantitative estimate of drug-likeness (QED) is 0.141. The number of hydrogen-bond donors (Lipinski definition) is 0. The molecule has 2 heterocycles. The second-order valence-electron chi connectivity index (χ2n) is 23.9. The number of para-hydroxylation sites is 2. The largest absolute Gasteiger partial charge is 0.311 e. The Hall–Kier alpha value is -8.34. The highest BCUT2D eigenvalue weighted by Gasteiger charge is 2.44. The zero-order valence-electron chi connectivity index (χ0n) is 45.4. The molecule has 0 aromatic heterocycles. The van der Waals surface area contributed by atoms with E-state index in [1.807, 2.05) is 0 Å². The Kier molecular flexibility index (Phi) is 12.0. The average molecular weight is 984 g/mol. The fourth-order valence-electron chi connectivity index (χ4n) is 11.9. The van der Waals surface area contributed by atoms with Gasteiger partial charge in [0.2, 0.25) is 0 Å².